The van der Waals surface area contributed by atoms with Gasteiger partial charge in [0.05, 0.1) is 7.11 Å². The number of nitrogens with two attached hydrogens (primary N) is 1. The zero-order valence-corrected chi connectivity index (χ0v) is 9.91. The van der Waals surface area contributed by atoms with Gasteiger partial charge in [-0.15, -0.1) is 5.10 Å². The van der Waals surface area contributed by atoms with Gasteiger partial charge in [0, 0.05) is 10.7 Å². The highest BCUT2D eigenvalue weighted by Gasteiger charge is 2.02. The van der Waals surface area contributed by atoms with E-state index in [1.807, 2.05) is 6.26 Å². The molecule has 0 unspecified atom stereocenters. The number of ether oxygens (including phenoxy) is 1. The van der Waals surface area contributed by atoms with Crippen molar-refractivity contribution < 1.29 is 14.9 Å². The van der Waals surface area contributed by atoms with Crippen LogP contribution in [0.5, 0.6) is 11.5 Å². The smallest absolute Gasteiger partial charge is 0.225 e. The Kier molecular flexibility index (Phi) is 4.65. The molecule has 0 aliphatic rings. The minimum atomic E-state index is 0.103. The van der Waals surface area contributed by atoms with Crippen molar-refractivity contribution in [3.63, 3.8) is 0 Å². The first-order valence-electron chi connectivity index (χ1n) is 4.50. The third kappa shape index (κ3) is 3.47. The monoisotopic (exact) mass is 240 g/mol. The van der Waals surface area contributed by atoms with E-state index in [1.54, 1.807) is 24.4 Å². The number of hydrazone groups is 1. The summed E-state index contributed by atoms with van der Waals surface area (Å²) >= 11 is 1.35. The molecule has 0 atom stereocenters. The molecule has 1 rings (SSSR count). The van der Waals surface area contributed by atoms with Gasteiger partial charge in [0.2, 0.25) is 11.4 Å². The molecule has 1 aromatic carbocycles. The number of rotatable bonds is 3. The van der Waals surface area contributed by atoms with E-state index in [9.17, 15) is 5.11 Å². The maximum absolute atomic E-state index is 9.38. The third-order valence-electron chi connectivity index (χ3n) is 1.82. The summed E-state index contributed by atoms with van der Waals surface area (Å²) in [5.41, 5.74) is 6.31. The van der Waals surface area contributed by atoms with Gasteiger partial charge < -0.3 is 15.6 Å². The molecule has 0 aromatic heterocycles. The Bertz CT molecular complexity index is 419. The van der Waals surface area contributed by atoms with Crippen LogP contribution in [0.1, 0.15) is 5.56 Å². The molecule has 5 nitrogen and oxygen atoms in total. The molecule has 6 heteroatoms. The van der Waals surface area contributed by atoms with E-state index in [2.05, 4.69) is 10.2 Å². The molecule has 0 saturated heterocycles. The summed E-state index contributed by atoms with van der Waals surface area (Å²) in [6.45, 7) is 0. The standard InChI is InChI=1S/C10H13N3O2S/c1-15-9-5-7(3-4-8(9)14)6-12-13-10(11)16-2/h3-6,14H,1-2H3,(H2,11,13)/p+1. The van der Waals surface area contributed by atoms with Crippen molar-refractivity contribution >= 4 is 23.1 Å². The van der Waals surface area contributed by atoms with Crippen molar-refractivity contribution in [3.8, 4) is 11.5 Å². The number of phenolic OH excluding ortho intramolecular Hbond substituents is 1. The Balaban J connectivity index is 2.82. The molecule has 0 aliphatic carbocycles. The molecule has 0 radical (unpaired) electrons. The van der Waals surface area contributed by atoms with Crippen LogP contribution in [0.2, 0.25) is 0 Å². The SMILES string of the molecule is COc1cc(C=[NH+]N=C(N)SC)ccc1O. The number of hydrogen-bond acceptors (Lipinski definition) is 4. The van der Waals surface area contributed by atoms with Crippen LogP contribution >= 0.6 is 11.8 Å². The highest BCUT2D eigenvalue weighted by molar-refractivity contribution is 8.13. The van der Waals surface area contributed by atoms with Crippen LogP contribution in [0.4, 0.5) is 0 Å². The summed E-state index contributed by atoms with van der Waals surface area (Å²) in [6.07, 6.45) is 3.50. The lowest BCUT2D eigenvalue weighted by Gasteiger charge is -2.01. The van der Waals surface area contributed by atoms with Crippen LogP contribution in [0.15, 0.2) is 23.3 Å². The molecule has 0 bridgehead atoms. The number of thioether (sulfide) groups is 1. The normalized spacial score (nSPS) is 12.0. The largest absolute Gasteiger partial charge is 0.504 e. The number of phenols is 1. The van der Waals surface area contributed by atoms with Crippen molar-refractivity contribution in [2.24, 2.45) is 10.8 Å². The topological polar surface area (TPSA) is 81.8 Å². The van der Waals surface area contributed by atoms with Crippen LogP contribution in [0.3, 0.4) is 0 Å². The molecule has 0 saturated carbocycles. The van der Waals surface area contributed by atoms with Gasteiger partial charge in [0.15, 0.2) is 11.5 Å². The minimum Gasteiger partial charge on any atom is -0.504 e. The molecule has 0 amide bonds. The molecule has 1 aromatic rings. The Labute approximate surface area is 98.0 Å². The van der Waals surface area contributed by atoms with Gasteiger partial charge in [-0.3, -0.25) is 0 Å². The molecule has 0 spiro atoms. The van der Waals surface area contributed by atoms with E-state index < -0.39 is 0 Å². The number of aromatic hydroxyl groups is 1. The van der Waals surface area contributed by atoms with Crippen molar-refractivity contribution in [1.29, 1.82) is 0 Å². The summed E-state index contributed by atoms with van der Waals surface area (Å²) in [7, 11) is 1.50. The average molecular weight is 240 g/mol. The lowest BCUT2D eigenvalue weighted by atomic mass is 10.2. The molecular formula is C10H14N3O2S+. The fourth-order valence-electron chi connectivity index (χ4n) is 1.00. The third-order valence-corrected chi connectivity index (χ3v) is 2.33. The quantitative estimate of drug-likeness (QED) is 0.378. The molecule has 16 heavy (non-hydrogen) atoms. The first-order chi connectivity index (χ1) is 7.67. The molecule has 0 fully saturated rings. The fraction of sp³-hybridized carbons (Fsp3) is 0.200. The number of benzene rings is 1. The van der Waals surface area contributed by atoms with Gasteiger partial charge in [-0.1, -0.05) is 11.8 Å². The van der Waals surface area contributed by atoms with E-state index in [0.717, 1.165) is 5.56 Å². The summed E-state index contributed by atoms with van der Waals surface area (Å²) < 4.78 is 4.97. The van der Waals surface area contributed by atoms with Crippen molar-refractivity contribution in [1.82, 2.24) is 0 Å². The first-order valence-corrected chi connectivity index (χ1v) is 5.72. The van der Waals surface area contributed by atoms with E-state index in [-0.39, 0.29) is 5.75 Å². The predicted molar refractivity (Wildman–Crippen MR) is 65.9 cm³/mol. The van der Waals surface area contributed by atoms with Gasteiger partial charge in [-0.05, 0) is 24.5 Å². The summed E-state index contributed by atoms with van der Waals surface area (Å²) in [5, 5.41) is 16.4. The van der Waals surface area contributed by atoms with E-state index in [4.69, 9.17) is 10.5 Å². The van der Waals surface area contributed by atoms with E-state index >= 15 is 0 Å². The molecular weight excluding hydrogens is 226 g/mol. The van der Waals surface area contributed by atoms with Gasteiger partial charge in [0.1, 0.15) is 0 Å². The lowest BCUT2D eigenvalue weighted by molar-refractivity contribution is -0.456. The zero-order chi connectivity index (χ0) is 12.0. The summed E-state index contributed by atoms with van der Waals surface area (Å²) in [5.74, 6) is 0.518. The van der Waals surface area contributed by atoms with Crippen LogP contribution in [0, 0.1) is 0 Å². The van der Waals surface area contributed by atoms with Crippen LogP contribution in [-0.2, 0) is 0 Å². The summed E-state index contributed by atoms with van der Waals surface area (Å²) in [6, 6.07) is 4.97. The highest BCUT2D eigenvalue weighted by Crippen LogP contribution is 2.25. The lowest BCUT2D eigenvalue weighted by Crippen LogP contribution is -2.62. The predicted octanol–water partition coefficient (Wildman–Crippen LogP) is -0.507. The summed E-state index contributed by atoms with van der Waals surface area (Å²) in [4.78, 5) is 0. The van der Waals surface area contributed by atoms with Crippen molar-refractivity contribution in [2.75, 3.05) is 13.4 Å². The number of amidine groups is 1. The maximum Gasteiger partial charge on any atom is 0.225 e. The van der Waals surface area contributed by atoms with Gasteiger partial charge in [-0.25, -0.2) is 0 Å². The molecule has 0 aliphatic heterocycles. The highest BCUT2D eigenvalue weighted by atomic mass is 32.2. The van der Waals surface area contributed by atoms with E-state index in [1.165, 1.54) is 18.9 Å². The Morgan fingerprint density at radius 1 is 1.62 bits per heavy atom. The first kappa shape index (κ1) is 12.4. The second kappa shape index (κ2) is 6.02. The maximum atomic E-state index is 9.38. The molecule has 86 valence electrons. The Morgan fingerprint density at radius 3 is 3.00 bits per heavy atom. The fourth-order valence-corrected chi connectivity index (χ4v) is 1.14. The van der Waals surface area contributed by atoms with Crippen LogP contribution < -0.4 is 15.6 Å². The molecule has 4 N–H and O–H groups in total. The van der Waals surface area contributed by atoms with Crippen LogP contribution in [0.25, 0.3) is 0 Å². The van der Waals surface area contributed by atoms with Gasteiger partial charge >= 0.3 is 0 Å². The second-order valence-electron chi connectivity index (χ2n) is 2.86. The van der Waals surface area contributed by atoms with Crippen LogP contribution in [-0.4, -0.2) is 29.9 Å². The number of hydrogen-bond donors (Lipinski definition) is 3. The second-order valence-corrected chi connectivity index (χ2v) is 3.69. The number of methoxy groups -OCH3 is 1. The average Bonchev–Trinajstić information content (AvgIpc) is 2.31. The van der Waals surface area contributed by atoms with Gasteiger partial charge in [-0.2, -0.15) is 0 Å². The Morgan fingerprint density at radius 2 is 2.38 bits per heavy atom. The number of nitrogens with zero attached hydrogens (tertiary/aromatic N) is 1. The van der Waals surface area contributed by atoms with E-state index in [0.29, 0.717) is 10.9 Å². The van der Waals surface area contributed by atoms with Gasteiger partial charge in [0.25, 0.3) is 0 Å². The molecule has 0 heterocycles. The minimum absolute atomic E-state index is 0.103. The zero-order valence-electron chi connectivity index (χ0n) is 9.10. The Hall–Kier alpha value is -1.69. The van der Waals surface area contributed by atoms with Crippen molar-refractivity contribution in [2.45, 2.75) is 0 Å². The number of nitrogens with one attached hydrogen (secondary N) is 1. The van der Waals surface area contributed by atoms with Crippen molar-refractivity contribution in [3.05, 3.63) is 23.8 Å².